The van der Waals surface area contributed by atoms with Gasteiger partial charge in [0.05, 0.1) is 6.61 Å². The summed E-state index contributed by atoms with van der Waals surface area (Å²) in [5, 5.41) is 6.80. The van der Waals surface area contributed by atoms with E-state index in [0.29, 0.717) is 18.2 Å². The number of rotatable bonds is 4. The third-order valence-corrected chi connectivity index (χ3v) is 2.47. The van der Waals surface area contributed by atoms with Gasteiger partial charge in [-0.1, -0.05) is 17.7 Å². The summed E-state index contributed by atoms with van der Waals surface area (Å²) in [6.07, 6.45) is 0. The quantitative estimate of drug-likeness (QED) is 0.477. The molecule has 1 aromatic rings. The molecule has 6 heteroatoms. The van der Waals surface area contributed by atoms with E-state index in [1.807, 2.05) is 32.2 Å². The Morgan fingerprint density at radius 1 is 1.44 bits per heavy atom. The molecule has 1 aromatic carbocycles. The molecule has 0 amide bonds. The van der Waals surface area contributed by atoms with E-state index in [-0.39, 0.29) is 24.0 Å². The highest BCUT2D eigenvalue weighted by Gasteiger charge is 2.05. The van der Waals surface area contributed by atoms with Crippen molar-refractivity contribution in [2.45, 2.75) is 13.5 Å². The molecule has 2 N–H and O–H groups in total. The van der Waals surface area contributed by atoms with Crippen LogP contribution in [0.25, 0.3) is 0 Å². The van der Waals surface area contributed by atoms with Crippen LogP contribution in [0.4, 0.5) is 0 Å². The number of hydrogen-bond acceptors (Lipinski definition) is 2. The number of guanidine groups is 1. The van der Waals surface area contributed by atoms with E-state index in [2.05, 4.69) is 15.6 Å². The topological polar surface area (TPSA) is 45.6 Å². The maximum Gasteiger partial charge on any atom is 0.190 e. The fourth-order valence-electron chi connectivity index (χ4n) is 1.42. The molecule has 0 radical (unpaired) electrons. The lowest BCUT2D eigenvalue weighted by Gasteiger charge is -2.13. The lowest BCUT2D eigenvalue weighted by molar-refractivity contribution is 0.336. The average molecular weight is 384 g/mol. The molecular formula is C12H19ClIN3O. The normalized spacial score (nSPS) is 10.6. The first kappa shape index (κ1) is 17.3. The predicted molar refractivity (Wildman–Crippen MR) is 87.3 cm³/mol. The summed E-state index contributed by atoms with van der Waals surface area (Å²) < 4.78 is 5.53. The zero-order valence-corrected chi connectivity index (χ0v) is 13.9. The van der Waals surface area contributed by atoms with Gasteiger partial charge in [-0.05, 0) is 19.1 Å². The van der Waals surface area contributed by atoms with Gasteiger partial charge in [-0.3, -0.25) is 4.99 Å². The molecule has 0 bridgehead atoms. The summed E-state index contributed by atoms with van der Waals surface area (Å²) >= 11 is 5.93. The molecule has 0 atom stereocenters. The van der Waals surface area contributed by atoms with E-state index in [9.17, 15) is 0 Å². The van der Waals surface area contributed by atoms with Gasteiger partial charge in [0.15, 0.2) is 5.96 Å². The smallest absolute Gasteiger partial charge is 0.190 e. The maximum atomic E-state index is 5.93. The van der Waals surface area contributed by atoms with Gasteiger partial charge in [0, 0.05) is 31.2 Å². The average Bonchev–Trinajstić information content (AvgIpc) is 2.33. The monoisotopic (exact) mass is 383 g/mol. The Kier molecular flexibility index (Phi) is 8.91. The van der Waals surface area contributed by atoms with Crippen LogP contribution < -0.4 is 15.4 Å². The number of nitrogens with one attached hydrogen (secondary N) is 2. The fraction of sp³-hybridized carbons (Fsp3) is 0.417. The van der Waals surface area contributed by atoms with Crippen LogP contribution in [0.3, 0.4) is 0 Å². The molecule has 0 fully saturated rings. The summed E-state index contributed by atoms with van der Waals surface area (Å²) in [5.74, 6) is 1.54. The van der Waals surface area contributed by atoms with Crippen molar-refractivity contribution in [3.63, 3.8) is 0 Å². The third-order valence-electron chi connectivity index (χ3n) is 2.24. The molecular weight excluding hydrogens is 365 g/mol. The third kappa shape index (κ3) is 5.30. The van der Waals surface area contributed by atoms with E-state index in [0.717, 1.165) is 17.3 Å². The molecule has 0 aromatic heterocycles. The molecule has 0 saturated carbocycles. The van der Waals surface area contributed by atoms with Gasteiger partial charge in [0.1, 0.15) is 5.75 Å². The Morgan fingerprint density at radius 3 is 2.72 bits per heavy atom. The second-order valence-corrected chi connectivity index (χ2v) is 3.80. The van der Waals surface area contributed by atoms with E-state index >= 15 is 0 Å². The van der Waals surface area contributed by atoms with Gasteiger partial charge in [0.2, 0.25) is 0 Å². The van der Waals surface area contributed by atoms with Crippen LogP contribution in [0.2, 0.25) is 5.02 Å². The molecule has 0 heterocycles. The number of nitrogens with zero attached hydrogens (tertiary/aromatic N) is 1. The van der Waals surface area contributed by atoms with Crippen LogP contribution >= 0.6 is 35.6 Å². The fourth-order valence-corrected chi connectivity index (χ4v) is 1.58. The Hall–Kier alpha value is -0.690. The van der Waals surface area contributed by atoms with Crippen LogP contribution in [-0.4, -0.2) is 26.7 Å². The molecule has 0 unspecified atom stereocenters. The second kappa shape index (κ2) is 9.27. The maximum absolute atomic E-state index is 5.93. The minimum absolute atomic E-state index is 0. The van der Waals surface area contributed by atoms with Crippen molar-refractivity contribution in [3.8, 4) is 5.75 Å². The van der Waals surface area contributed by atoms with Gasteiger partial charge in [-0.15, -0.1) is 24.0 Å². The van der Waals surface area contributed by atoms with Crippen molar-refractivity contribution in [2.75, 3.05) is 20.7 Å². The van der Waals surface area contributed by atoms with Crippen LogP contribution in [0, 0.1) is 0 Å². The van der Waals surface area contributed by atoms with Crippen molar-refractivity contribution < 1.29 is 4.74 Å². The lowest BCUT2D eigenvalue weighted by Crippen LogP contribution is -2.34. The van der Waals surface area contributed by atoms with E-state index < -0.39 is 0 Å². The standard InChI is InChI=1S/C12H18ClN3O.HI/c1-4-17-11-7-10(13)6-5-9(11)8-16-12(14-2)15-3;/h5-7H,4,8H2,1-3H3,(H2,14,15,16);1H. The van der Waals surface area contributed by atoms with Crippen molar-refractivity contribution in [3.05, 3.63) is 28.8 Å². The van der Waals surface area contributed by atoms with Gasteiger partial charge in [0.25, 0.3) is 0 Å². The predicted octanol–water partition coefficient (Wildman–Crippen LogP) is 2.65. The van der Waals surface area contributed by atoms with Gasteiger partial charge in [-0.25, -0.2) is 0 Å². The highest BCUT2D eigenvalue weighted by Crippen LogP contribution is 2.23. The van der Waals surface area contributed by atoms with Crippen LogP contribution in [-0.2, 0) is 6.54 Å². The van der Waals surface area contributed by atoms with E-state index in [4.69, 9.17) is 16.3 Å². The number of benzene rings is 1. The van der Waals surface area contributed by atoms with Gasteiger partial charge in [-0.2, -0.15) is 0 Å². The summed E-state index contributed by atoms with van der Waals surface area (Å²) in [6.45, 7) is 3.21. The molecule has 0 saturated heterocycles. The van der Waals surface area contributed by atoms with E-state index in [1.165, 1.54) is 0 Å². The number of hydrogen-bond donors (Lipinski definition) is 2. The molecule has 1 rings (SSSR count). The highest BCUT2D eigenvalue weighted by atomic mass is 127. The summed E-state index contributed by atoms with van der Waals surface area (Å²) in [6, 6.07) is 5.62. The lowest BCUT2D eigenvalue weighted by atomic mass is 10.2. The molecule has 0 aliphatic carbocycles. The minimum atomic E-state index is 0. The van der Waals surface area contributed by atoms with Crippen LogP contribution in [0.1, 0.15) is 12.5 Å². The Morgan fingerprint density at radius 2 is 2.17 bits per heavy atom. The van der Waals surface area contributed by atoms with Crippen molar-refractivity contribution >= 4 is 41.5 Å². The van der Waals surface area contributed by atoms with Crippen LogP contribution in [0.5, 0.6) is 5.75 Å². The van der Waals surface area contributed by atoms with Crippen LogP contribution in [0.15, 0.2) is 23.2 Å². The van der Waals surface area contributed by atoms with E-state index in [1.54, 1.807) is 7.05 Å². The molecule has 102 valence electrons. The number of halogens is 2. The zero-order valence-electron chi connectivity index (χ0n) is 10.8. The number of ether oxygens (including phenoxy) is 1. The molecule has 0 aliphatic heterocycles. The zero-order chi connectivity index (χ0) is 12.7. The Bertz CT molecular complexity index is 399. The first-order valence-corrected chi connectivity index (χ1v) is 5.88. The van der Waals surface area contributed by atoms with Crippen molar-refractivity contribution in [2.24, 2.45) is 4.99 Å². The van der Waals surface area contributed by atoms with Gasteiger partial charge >= 0.3 is 0 Å². The SMILES string of the molecule is CCOc1cc(Cl)ccc1CNC(=NC)NC.I. The Balaban J connectivity index is 0.00000289. The number of aliphatic imine (C=N–C) groups is 1. The molecule has 4 nitrogen and oxygen atoms in total. The summed E-state index contributed by atoms with van der Waals surface area (Å²) in [5.41, 5.74) is 1.05. The first-order chi connectivity index (χ1) is 8.21. The molecule has 18 heavy (non-hydrogen) atoms. The molecule has 0 aliphatic rings. The largest absolute Gasteiger partial charge is 0.493 e. The van der Waals surface area contributed by atoms with Crippen molar-refractivity contribution in [1.82, 2.24) is 10.6 Å². The minimum Gasteiger partial charge on any atom is -0.493 e. The first-order valence-electron chi connectivity index (χ1n) is 5.50. The Labute approximate surface area is 130 Å². The highest BCUT2D eigenvalue weighted by molar-refractivity contribution is 14.0. The summed E-state index contributed by atoms with van der Waals surface area (Å²) in [4.78, 5) is 4.04. The molecule has 0 spiro atoms. The summed E-state index contributed by atoms with van der Waals surface area (Å²) in [7, 11) is 3.55. The second-order valence-electron chi connectivity index (χ2n) is 3.36. The van der Waals surface area contributed by atoms with Gasteiger partial charge < -0.3 is 15.4 Å². The van der Waals surface area contributed by atoms with Crippen molar-refractivity contribution in [1.29, 1.82) is 0 Å².